The molecule has 0 heterocycles. The number of carbonyl (C=O) groups is 2. The van der Waals surface area contributed by atoms with E-state index in [4.69, 9.17) is 19.9 Å². The predicted molar refractivity (Wildman–Crippen MR) is 98.1 cm³/mol. The SMILES string of the molecule is COc1cc(CN)c(OC)c(OC)c1C1=CC(C)(C(=O)O)CC(C(=O)O)C1. The summed E-state index contributed by atoms with van der Waals surface area (Å²) in [6.45, 7) is 1.69. The summed E-state index contributed by atoms with van der Waals surface area (Å²) in [5.41, 5.74) is 6.11. The van der Waals surface area contributed by atoms with Crippen molar-refractivity contribution in [2.24, 2.45) is 17.1 Å². The zero-order valence-corrected chi connectivity index (χ0v) is 15.9. The fourth-order valence-electron chi connectivity index (χ4n) is 3.55. The molecule has 0 spiro atoms. The number of nitrogens with two attached hydrogens (primary N) is 1. The van der Waals surface area contributed by atoms with Crippen LogP contribution in [0.1, 0.15) is 30.9 Å². The Morgan fingerprint density at radius 3 is 2.26 bits per heavy atom. The van der Waals surface area contributed by atoms with Crippen molar-refractivity contribution in [1.29, 1.82) is 0 Å². The molecule has 0 fully saturated rings. The van der Waals surface area contributed by atoms with Gasteiger partial charge in [0.05, 0.1) is 38.2 Å². The first-order valence-corrected chi connectivity index (χ1v) is 8.42. The molecule has 8 nitrogen and oxygen atoms in total. The molecule has 1 aromatic carbocycles. The molecule has 0 bridgehead atoms. The number of hydrogen-bond donors (Lipinski definition) is 3. The molecule has 2 atom stereocenters. The van der Waals surface area contributed by atoms with Gasteiger partial charge < -0.3 is 30.2 Å². The number of carboxylic acids is 2. The van der Waals surface area contributed by atoms with Crippen LogP contribution in [0.15, 0.2) is 12.1 Å². The number of allylic oxidation sites excluding steroid dienone is 1. The molecule has 0 aliphatic heterocycles. The summed E-state index contributed by atoms with van der Waals surface area (Å²) >= 11 is 0. The Labute approximate surface area is 157 Å². The summed E-state index contributed by atoms with van der Waals surface area (Å²) in [7, 11) is 4.40. The summed E-state index contributed by atoms with van der Waals surface area (Å²) in [5.74, 6) is -1.82. The Balaban J connectivity index is 2.79. The second kappa shape index (κ2) is 7.87. The Bertz CT molecular complexity index is 787. The first kappa shape index (κ1) is 20.6. The third-order valence-electron chi connectivity index (χ3n) is 4.91. The van der Waals surface area contributed by atoms with E-state index >= 15 is 0 Å². The van der Waals surface area contributed by atoms with Crippen molar-refractivity contribution in [3.63, 3.8) is 0 Å². The fourth-order valence-corrected chi connectivity index (χ4v) is 3.55. The van der Waals surface area contributed by atoms with Crippen molar-refractivity contribution >= 4 is 17.5 Å². The molecule has 1 aromatic rings. The monoisotopic (exact) mass is 379 g/mol. The highest BCUT2D eigenvalue weighted by Crippen LogP contribution is 2.50. The van der Waals surface area contributed by atoms with E-state index in [0.717, 1.165) is 0 Å². The fraction of sp³-hybridized carbons (Fsp3) is 0.474. The maximum Gasteiger partial charge on any atom is 0.313 e. The molecule has 2 rings (SSSR count). The van der Waals surface area contributed by atoms with Gasteiger partial charge in [0.1, 0.15) is 5.75 Å². The van der Waals surface area contributed by atoms with Gasteiger partial charge in [-0.25, -0.2) is 0 Å². The highest BCUT2D eigenvalue weighted by Gasteiger charge is 2.42. The maximum absolute atomic E-state index is 11.8. The highest BCUT2D eigenvalue weighted by atomic mass is 16.5. The van der Waals surface area contributed by atoms with Crippen LogP contribution < -0.4 is 19.9 Å². The number of benzene rings is 1. The van der Waals surface area contributed by atoms with Crippen molar-refractivity contribution < 1.29 is 34.0 Å². The number of aliphatic carboxylic acids is 2. The third kappa shape index (κ3) is 3.71. The summed E-state index contributed by atoms with van der Waals surface area (Å²) in [4.78, 5) is 23.5. The van der Waals surface area contributed by atoms with E-state index in [2.05, 4.69) is 0 Å². The molecule has 0 saturated carbocycles. The topological polar surface area (TPSA) is 128 Å². The van der Waals surface area contributed by atoms with Crippen molar-refractivity contribution in [3.8, 4) is 17.2 Å². The van der Waals surface area contributed by atoms with Crippen molar-refractivity contribution in [1.82, 2.24) is 0 Å². The molecular weight excluding hydrogens is 354 g/mol. The molecule has 8 heteroatoms. The molecule has 2 unspecified atom stereocenters. The molecule has 0 aromatic heterocycles. The normalized spacial score (nSPS) is 22.0. The van der Waals surface area contributed by atoms with Gasteiger partial charge in [-0.3, -0.25) is 9.59 Å². The standard InChI is InChI=1S/C19H25NO7/c1-19(18(23)24)7-10(5-11(8-19)17(21)22)14-13(25-2)6-12(9-20)15(26-3)16(14)27-4/h6-7,11H,5,8-9,20H2,1-4H3,(H,21,22)(H,23,24). The Hall–Kier alpha value is -2.74. The van der Waals surface area contributed by atoms with E-state index in [1.165, 1.54) is 28.3 Å². The van der Waals surface area contributed by atoms with Gasteiger partial charge in [-0.2, -0.15) is 0 Å². The molecule has 1 aliphatic carbocycles. The van der Waals surface area contributed by atoms with E-state index in [-0.39, 0.29) is 19.4 Å². The lowest BCUT2D eigenvalue weighted by Gasteiger charge is -2.32. The average Bonchev–Trinajstić information content (AvgIpc) is 2.65. The third-order valence-corrected chi connectivity index (χ3v) is 4.91. The van der Waals surface area contributed by atoms with Crippen LogP contribution in [0.4, 0.5) is 0 Å². The number of methoxy groups -OCH3 is 3. The van der Waals surface area contributed by atoms with Crippen molar-refractivity contribution in [2.75, 3.05) is 21.3 Å². The zero-order valence-electron chi connectivity index (χ0n) is 15.9. The Morgan fingerprint density at radius 2 is 1.81 bits per heavy atom. The second-order valence-electron chi connectivity index (χ2n) is 6.72. The van der Waals surface area contributed by atoms with Gasteiger partial charge in [0.25, 0.3) is 0 Å². The molecule has 0 radical (unpaired) electrons. The van der Waals surface area contributed by atoms with Gasteiger partial charge in [0.15, 0.2) is 11.5 Å². The smallest absolute Gasteiger partial charge is 0.313 e. The van der Waals surface area contributed by atoms with E-state index in [1.807, 2.05) is 0 Å². The molecule has 0 amide bonds. The van der Waals surface area contributed by atoms with Crippen molar-refractivity contribution in [3.05, 3.63) is 23.3 Å². The van der Waals surface area contributed by atoms with Crippen LogP contribution in [-0.4, -0.2) is 43.5 Å². The number of hydrogen-bond acceptors (Lipinski definition) is 6. The minimum Gasteiger partial charge on any atom is -0.496 e. The van der Waals surface area contributed by atoms with E-state index in [1.54, 1.807) is 12.1 Å². The Morgan fingerprint density at radius 1 is 1.19 bits per heavy atom. The van der Waals surface area contributed by atoms with Crippen LogP contribution in [0.3, 0.4) is 0 Å². The van der Waals surface area contributed by atoms with Crippen LogP contribution in [0.5, 0.6) is 17.2 Å². The van der Waals surface area contributed by atoms with Gasteiger partial charge in [-0.15, -0.1) is 0 Å². The second-order valence-corrected chi connectivity index (χ2v) is 6.72. The van der Waals surface area contributed by atoms with Gasteiger partial charge in [-0.1, -0.05) is 6.08 Å². The van der Waals surface area contributed by atoms with Gasteiger partial charge in [-0.05, 0) is 31.4 Å². The molecule has 148 valence electrons. The lowest BCUT2D eigenvalue weighted by molar-refractivity contribution is -0.149. The predicted octanol–water partition coefficient (Wildman–Crippen LogP) is 2.14. The average molecular weight is 379 g/mol. The molecular formula is C19H25NO7. The van der Waals surface area contributed by atoms with E-state index in [0.29, 0.717) is 33.9 Å². The zero-order chi connectivity index (χ0) is 20.4. The van der Waals surface area contributed by atoms with Crippen LogP contribution in [0.2, 0.25) is 0 Å². The van der Waals surface area contributed by atoms with Crippen molar-refractivity contribution in [2.45, 2.75) is 26.3 Å². The molecule has 0 saturated heterocycles. The largest absolute Gasteiger partial charge is 0.496 e. The van der Waals surface area contributed by atoms with Crippen LogP contribution >= 0.6 is 0 Å². The van der Waals surface area contributed by atoms with Gasteiger partial charge in [0.2, 0.25) is 0 Å². The Kier molecular flexibility index (Phi) is 6.00. The quantitative estimate of drug-likeness (QED) is 0.657. The van der Waals surface area contributed by atoms with Crippen LogP contribution in [-0.2, 0) is 16.1 Å². The van der Waals surface area contributed by atoms with E-state index in [9.17, 15) is 19.8 Å². The summed E-state index contributed by atoms with van der Waals surface area (Å²) in [6, 6.07) is 1.69. The molecule has 4 N–H and O–H groups in total. The minimum absolute atomic E-state index is 0.00379. The van der Waals surface area contributed by atoms with Gasteiger partial charge in [0, 0.05) is 12.1 Å². The molecule has 27 heavy (non-hydrogen) atoms. The highest BCUT2D eigenvalue weighted by molar-refractivity contribution is 5.88. The maximum atomic E-state index is 11.8. The van der Waals surface area contributed by atoms with Crippen LogP contribution in [0.25, 0.3) is 5.57 Å². The first-order valence-electron chi connectivity index (χ1n) is 8.42. The van der Waals surface area contributed by atoms with Gasteiger partial charge >= 0.3 is 11.9 Å². The summed E-state index contributed by atoms with van der Waals surface area (Å²) in [5, 5.41) is 19.2. The first-order chi connectivity index (χ1) is 12.7. The number of rotatable bonds is 7. The lowest BCUT2D eigenvalue weighted by Crippen LogP contribution is -2.34. The summed E-state index contributed by atoms with van der Waals surface area (Å²) in [6.07, 6.45) is 1.73. The number of carboxylic acid groups (broad SMARTS) is 2. The van der Waals surface area contributed by atoms with E-state index < -0.39 is 23.3 Å². The van der Waals surface area contributed by atoms with Crippen LogP contribution in [0, 0.1) is 11.3 Å². The minimum atomic E-state index is -1.33. The molecule has 1 aliphatic rings. The number of ether oxygens (including phenoxy) is 3. The summed E-state index contributed by atoms with van der Waals surface area (Å²) < 4.78 is 16.5. The lowest BCUT2D eigenvalue weighted by atomic mass is 9.71.